The average molecular weight is 667 g/mol. The van der Waals surface area contributed by atoms with E-state index in [1.54, 1.807) is 4.90 Å². The van der Waals surface area contributed by atoms with Gasteiger partial charge in [0.05, 0.1) is 33.0 Å². The first kappa shape index (κ1) is 35.1. The highest BCUT2D eigenvalue weighted by Gasteiger charge is 2.39. The van der Waals surface area contributed by atoms with Gasteiger partial charge in [-0.25, -0.2) is 13.6 Å². The number of carbonyl (C=O) groups excluding carboxylic acids is 3. The lowest BCUT2D eigenvalue weighted by Crippen LogP contribution is -2.50. The molecule has 0 saturated carbocycles. The molecule has 2 aliphatic heterocycles. The number of pyridine rings is 1. The number of halogens is 2. The molecule has 256 valence electrons. The maximum absolute atomic E-state index is 14.2. The number of methoxy groups -OCH3 is 2. The third-order valence-corrected chi connectivity index (χ3v) is 7.39. The summed E-state index contributed by atoms with van der Waals surface area (Å²) in [7, 11) is 2.92. The van der Waals surface area contributed by atoms with Crippen LogP contribution in [0, 0.1) is 11.6 Å². The summed E-state index contributed by atoms with van der Waals surface area (Å²) < 4.78 is 59.9. The van der Waals surface area contributed by atoms with Crippen LogP contribution in [0.4, 0.5) is 13.6 Å². The van der Waals surface area contributed by atoms with Crippen molar-refractivity contribution in [2.45, 2.75) is 38.4 Å². The van der Waals surface area contributed by atoms with E-state index in [1.165, 1.54) is 25.0 Å². The summed E-state index contributed by atoms with van der Waals surface area (Å²) in [6.07, 6.45) is 0.569. The predicted octanol–water partition coefficient (Wildman–Crippen LogP) is 2.36. The Bertz CT molecular complexity index is 1530. The van der Waals surface area contributed by atoms with Gasteiger partial charge in [0.2, 0.25) is 23.9 Å². The Hall–Kier alpha value is -4.77. The van der Waals surface area contributed by atoms with Crippen LogP contribution in [0.25, 0.3) is 0 Å². The number of hydrogen-bond donors (Lipinski definition) is 1. The first-order valence-corrected chi connectivity index (χ1v) is 14.7. The van der Waals surface area contributed by atoms with Gasteiger partial charge in [0.1, 0.15) is 30.4 Å². The monoisotopic (exact) mass is 666 g/mol. The first-order valence-electron chi connectivity index (χ1n) is 14.7. The Morgan fingerprint density at radius 1 is 1.11 bits per heavy atom. The highest BCUT2D eigenvalue weighted by atomic mass is 19.1. The number of benzene rings is 1. The number of ether oxygens (including phenoxy) is 6. The van der Waals surface area contributed by atoms with Crippen LogP contribution in [-0.2, 0) is 35.1 Å². The standard InChI is InChI=1S/C30H36F2N4O11/c1-18-6-7-47-34-24(42-3)13-21-15-35(18)29(39)25-27(45-17-46-30(40)44-11-10-43-9-8-41-2)26(37)22(16-36(21)25)28(38)33-14-19-4-5-20(31)12-23(19)32/h4-5,12,16,18,21H,6-11,13-15,17H2,1-3H3,(H,33,38)/b34-24+/t18-,21-/m0/s1. The number of rotatable bonds is 12. The van der Waals surface area contributed by atoms with Crippen molar-refractivity contribution in [1.29, 1.82) is 0 Å². The largest absolute Gasteiger partial charge is 0.511 e. The smallest absolute Gasteiger partial charge is 0.482 e. The van der Waals surface area contributed by atoms with Gasteiger partial charge in [-0.2, -0.15) is 0 Å². The molecular formula is C30H36F2N4O11. The Balaban J connectivity index is 1.64. The van der Waals surface area contributed by atoms with Crippen LogP contribution in [0.1, 0.15) is 52.2 Å². The van der Waals surface area contributed by atoms with Gasteiger partial charge in [-0.3, -0.25) is 14.4 Å². The van der Waals surface area contributed by atoms with Crippen LogP contribution >= 0.6 is 0 Å². The zero-order chi connectivity index (χ0) is 33.9. The van der Waals surface area contributed by atoms with Crippen molar-refractivity contribution in [3.8, 4) is 5.75 Å². The normalized spacial score (nSPS) is 18.6. The van der Waals surface area contributed by atoms with Gasteiger partial charge < -0.3 is 48.0 Å². The lowest BCUT2D eigenvalue weighted by Gasteiger charge is -2.40. The van der Waals surface area contributed by atoms with E-state index < -0.39 is 59.2 Å². The fraction of sp³-hybridized carbons (Fsp3) is 0.500. The minimum absolute atomic E-state index is 0.0293. The molecule has 0 radical (unpaired) electrons. The van der Waals surface area contributed by atoms with E-state index in [1.807, 2.05) is 6.92 Å². The van der Waals surface area contributed by atoms with Crippen molar-refractivity contribution in [1.82, 2.24) is 14.8 Å². The second kappa shape index (κ2) is 16.7. The number of aromatic nitrogens is 1. The van der Waals surface area contributed by atoms with Crippen molar-refractivity contribution in [2.24, 2.45) is 5.16 Å². The van der Waals surface area contributed by atoms with Gasteiger partial charge in [-0.1, -0.05) is 11.2 Å². The Kier molecular flexibility index (Phi) is 12.5. The van der Waals surface area contributed by atoms with Crippen LogP contribution in [0.5, 0.6) is 5.75 Å². The summed E-state index contributed by atoms with van der Waals surface area (Å²) in [5.74, 6) is -3.56. The van der Waals surface area contributed by atoms with E-state index in [4.69, 9.17) is 33.3 Å². The molecule has 4 rings (SSSR count). The third-order valence-electron chi connectivity index (χ3n) is 7.39. The van der Waals surface area contributed by atoms with Gasteiger partial charge >= 0.3 is 6.16 Å². The van der Waals surface area contributed by atoms with Crippen molar-refractivity contribution < 1.29 is 56.4 Å². The van der Waals surface area contributed by atoms with Crippen LogP contribution in [0.3, 0.4) is 0 Å². The molecule has 2 aromatic rings. The molecule has 0 fully saturated rings. The molecule has 47 heavy (non-hydrogen) atoms. The number of fused-ring (bicyclic) bond motifs is 4. The molecule has 0 aliphatic carbocycles. The Morgan fingerprint density at radius 2 is 1.89 bits per heavy atom. The van der Waals surface area contributed by atoms with Gasteiger partial charge in [0.25, 0.3) is 11.8 Å². The highest BCUT2D eigenvalue weighted by molar-refractivity contribution is 5.99. The molecule has 0 saturated heterocycles. The molecule has 1 aromatic heterocycles. The molecule has 0 unspecified atom stereocenters. The molecule has 0 spiro atoms. The SMILES string of the molecule is COCCOCCOC(=O)OCOc1c2n(cc(C(=O)NCc3ccc(F)cc3F)c1=O)[C@H]1C/C(OC)=N\OCC[C@H](C)N(C1)C2=O. The lowest BCUT2D eigenvalue weighted by molar-refractivity contribution is -0.0130. The fourth-order valence-electron chi connectivity index (χ4n) is 4.88. The van der Waals surface area contributed by atoms with E-state index in [2.05, 4.69) is 10.5 Å². The summed E-state index contributed by atoms with van der Waals surface area (Å²) in [6.45, 7) is 1.55. The number of nitrogens with zero attached hydrogens (tertiary/aromatic N) is 3. The number of nitrogens with one attached hydrogen (secondary N) is 1. The van der Waals surface area contributed by atoms with Gasteiger partial charge in [0, 0.05) is 56.9 Å². The number of oxime groups is 1. The second-order valence-corrected chi connectivity index (χ2v) is 10.5. The van der Waals surface area contributed by atoms with Crippen molar-refractivity contribution in [2.75, 3.05) is 60.6 Å². The molecule has 1 aromatic carbocycles. The maximum atomic E-state index is 14.2. The summed E-state index contributed by atoms with van der Waals surface area (Å²) in [5, 5.41) is 6.46. The van der Waals surface area contributed by atoms with Gasteiger partial charge in [-0.15, -0.1) is 0 Å². The average Bonchev–Trinajstić information content (AvgIpc) is 3.05. The van der Waals surface area contributed by atoms with E-state index in [9.17, 15) is 28.0 Å². The summed E-state index contributed by atoms with van der Waals surface area (Å²) in [4.78, 5) is 60.0. The molecule has 2 aliphatic rings. The van der Waals surface area contributed by atoms with E-state index in [-0.39, 0.29) is 62.5 Å². The van der Waals surface area contributed by atoms with Crippen molar-refractivity contribution >= 4 is 23.9 Å². The molecule has 2 amide bonds. The Morgan fingerprint density at radius 3 is 2.64 bits per heavy atom. The Labute approximate surface area is 268 Å². The molecular weight excluding hydrogens is 630 g/mol. The molecule has 17 heteroatoms. The van der Waals surface area contributed by atoms with E-state index >= 15 is 0 Å². The number of amides is 2. The van der Waals surface area contributed by atoms with Gasteiger partial charge in [0.15, 0.2) is 5.69 Å². The van der Waals surface area contributed by atoms with Crippen LogP contribution < -0.4 is 15.5 Å². The first-order chi connectivity index (χ1) is 22.6. The molecule has 15 nitrogen and oxygen atoms in total. The van der Waals surface area contributed by atoms with Crippen LogP contribution in [-0.4, -0.2) is 100.0 Å². The van der Waals surface area contributed by atoms with E-state index in [0.29, 0.717) is 25.7 Å². The summed E-state index contributed by atoms with van der Waals surface area (Å²) >= 11 is 0. The second-order valence-electron chi connectivity index (χ2n) is 10.5. The van der Waals surface area contributed by atoms with E-state index in [0.717, 1.165) is 12.1 Å². The molecule has 2 bridgehead atoms. The maximum Gasteiger partial charge on any atom is 0.511 e. The van der Waals surface area contributed by atoms with Crippen molar-refractivity contribution in [3.05, 3.63) is 63.1 Å². The quantitative estimate of drug-likeness (QED) is 0.201. The minimum Gasteiger partial charge on any atom is -0.482 e. The van der Waals surface area contributed by atoms with Crippen LogP contribution in [0.2, 0.25) is 0 Å². The fourth-order valence-corrected chi connectivity index (χ4v) is 4.88. The molecule has 2 atom stereocenters. The zero-order valence-corrected chi connectivity index (χ0v) is 26.1. The van der Waals surface area contributed by atoms with Gasteiger partial charge in [-0.05, 0) is 13.0 Å². The lowest BCUT2D eigenvalue weighted by atomic mass is 10.0. The molecule has 1 N–H and O–H groups in total. The molecule has 3 heterocycles. The minimum atomic E-state index is -1.13. The zero-order valence-electron chi connectivity index (χ0n) is 26.1. The highest BCUT2D eigenvalue weighted by Crippen LogP contribution is 2.32. The topological polar surface area (TPSA) is 165 Å². The van der Waals surface area contributed by atoms with Crippen molar-refractivity contribution in [3.63, 3.8) is 0 Å². The van der Waals surface area contributed by atoms with Crippen LogP contribution in [0.15, 0.2) is 34.3 Å². The summed E-state index contributed by atoms with van der Waals surface area (Å²) in [6, 6.07) is 1.89. The number of hydrogen-bond acceptors (Lipinski definition) is 12. The third kappa shape index (κ3) is 8.94. The predicted molar refractivity (Wildman–Crippen MR) is 158 cm³/mol. The number of carbonyl (C=O) groups is 3. The summed E-state index contributed by atoms with van der Waals surface area (Å²) in [5.41, 5.74) is -1.67.